The van der Waals surface area contributed by atoms with Crippen molar-refractivity contribution in [2.24, 2.45) is 0 Å². The molecule has 0 spiro atoms. The Kier molecular flexibility index (Phi) is 12.3. The molecule has 0 saturated carbocycles. The van der Waals surface area contributed by atoms with Gasteiger partial charge in [0, 0.05) is 43.8 Å². The van der Waals surface area contributed by atoms with Crippen molar-refractivity contribution in [2.75, 3.05) is 51.3 Å². The van der Waals surface area contributed by atoms with Crippen LogP contribution in [0.1, 0.15) is 18.4 Å². The number of hydrogen-bond donors (Lipinski definition) is 3. The number of unbranched alkanes of at least 4 members (excludes halogenated alkanes) is 1. The number of nitrogens with one attached hydrogen (secondary N) is 1. The normalized spacial score (nSPS) is 13.6. The Balaban J connectivity index is 0.000000678. The van der Waals surface area contributed by atoms with E-state index in [2.05, 4.69) is 27.2 Å². The molecule has 194 valence electrons. The first-order valence-electron chi connectivity index (χ1n) is 11.6. The summed E-state index contributed by atoms with van der Waals surface area (Å²) in [5.41, 5.74) is 2.14. The first-order chi connectivity index (χ1) is 17.3. The average molecular weight is 518 g/mol. The van der Waals surface area contributed by atoms with Crippen LogP contribution in [0.2, 0.25) is 5.02 Å². The molecule has 0 radical (unpaired) electrons. The molecule has 2 aromatic rings. The lowest BCUT2D eigenvalue weighted by Crippen LogP contribution is -2.46. The van der Waals surface area contributed by atoms with Gasteiger partial charge in [-0.15, -0.1) is 0 Å². The molecule has 3 N–H and O–H groups in total. The number of amides is 1. The number of rotatable bonds is 9. The Morgan fingerprint density at radius 3 is 2.22 bits per heavy atom. The molecule has 10 heteroatoms. The third-order valence-corrected chi connectivity index (χ3v) is 5.73. The van der Waals surface area contributed by atoms with Crippen LogP contribution >= 0.6 is 11.6 Å². The van der Waals surface area contributed by atoms with Crippen LogP contribution in [0.5, 0.6) is 5.75 Å². The molecule has 0 aliphatic carbocycles. The number of carbonyl (C=O) groups excluding carboxylic acids is 1. The number of nitrogens with zero attached hydrogens (tertiary/aromatic N) is 2. The topological polar surface area (TPSA) is 119 Å². The highest BCUT2D eigenvalue weighted by Crippen LogP contribution is 2.28. The number of aliphatic carboxylic acids is 2. The Labute approximate surface area is 215 Å². The molecule has 1 aliphatic rings. The molecule has 0 aromatic heterocycles. The van der Waals surface area contributed by atoms with Gasteiger partial charge in [-0.25, -0.2) is 9.59 Å². The van der Waals surface area contributed by atoms with E-state index in [-0.39, 0.29) is 5.91 Å². The molecule has 1 aliphatic heterocycles. The van der Waals surface area contributed by atoms with E-state index in [4.69, 9.17) is 36.1 Å². The summed E-state index contributed by atoms with van der Waals surface area (Å²) in [6.07, 6.45) is 5.43. The van der Waals surface area contributed by atoms with Gasteiger partial charge in [0.15, 0.2) is 0 Å². The van der Waals surface area contributed by atoms with Crippen LogP contribution in [0.15, 0.2) is 54.6 Å². The number of anilines is 1. The molecule has 36 heavy (non-hydrogen) atoms. The molecule has 2 aromatic carbocycles. The summed E-state index contributed by atoms with van der Waals surface area (Å²) in [5, 5.41) is 18.4. The summed E-state index contributed by atoms with van der Waals surface area (Å²) in [7, 11) is 1.72. The number of ether oxygens (including phenoxy) is 1. The minimum absolute atomic E-state index is 0.0598. The molecule has 0 bridgehead atoms. The van der Waals surface area contributed by atoms with Crippen LogP contribution < -0.4 is 15.0 Å². The number of benzene rings is 2. The first kappa shape index (κ1) is 28.7. The van der Waals surface area contributed by atoms with E-state index in [1.807, 2.05) is 36.4 Å². The number of halogens is 1. The average Bonchev–Trinajstić information content (AvgIpc) is 2.89. The van der Waals surface area contributed by atoms with Gasteiger partial charge in [-0.2, -0.15) is 0 Å². The second kappa shape index (κ2) is 15.4. The van der Waals surface area contributed by atoms with Gasteiger partial charge in [0.2, 0.25) is 5.91 Å². The van der Waals surface area contributed by atoms with Gasteiger partial charge in [-0.05, 0) is 55.3 Å². The van der Waals surface area contributed by atoms with Gasteiger partial charge in [0.1, 0.15) is 5.75 Å². The summed E-state index contributed by atoms with van der Waals surface area (Å²) < 4.78 is 5.48. The van der Waals surface area contributed by atoms with E-state index in [9.17, 15) is 4.79 Å². The molecule has 3 rings (SSSR count). The summed E-state index contributed by atoms with van der Waals surface area (Å²) in [6, 6.07) is 15.6. The van der Waals surface area contributed by atoms with E-state index in [1.165, 1.54) is 5.69 Å². The maximum absolute atomic E-state index is 11.9. The minimum atomic E-state index is -1.82. The van der Waals surface area contributed by atoms with Crippen molar-refractivity contribution in [2.45, 2.75) is 12.8 Å². The highest BCUT2D eigenvalue weighted by molar-refractivity contribution is 6.30. The molecule has 1 amide bonds. The smallest absolute Gasteiger partial charge is 0.414 e. The number of carboxylic acid groups (broad SMARTS) is 2. The molecule has 1 saturated heterocycles. The lowest BCUT2D eigenvalue weighted by molar-refractivity contribution is -0.159. The van der Waals surface area contributed by atoms with Crippen molar-refractivity contribution in [1.29, 1.82) is 0 Å². The van der Waals surface area contributed by atoms with Crippen molar-refractivity contribution in [3.63, 3.8) is 0 Å². The fourth-order valence-corrected chi connectivity index (χ4v) is 3.71. The van der Waals surface area contributed by atoms with Crippen molar-refractivity contribution in [3.05, 3.63) is 65.2 Å². The van der Waals surface area contributed by atoms with E-state index in [1.54, 1.807) is 19.3 Å². The van der Waals surface area contributed by atoms with Crippen molar-refractivity contribution in [1.82, 2.24) is 10.2 Å². The number of methoxy groups -OCH3 is 1. The summed E-state index contributed by atoms with van der Waals surface area (Å²) in [4.78, 5) is 35.0. The van der Waals surface area contributed by atoms with E-state index in [0.717, 1.165) is 56.9 Å². The van der Waals surface area contributed by atoms with Gasteiger partial charge >= 0.3 is 11.9 Å². The Morgan fingerprint density at radius 2 is 1.61 bits per heavy atom. The first-order valence-corrected chi connectivity index (χ1v) is 12.0. The molecule has 0 unspecified atom stereocenters. The van der Waals surface area contributed by atoms with Crippen LogP contribution in [-0.2, 0) is 14.4 Å². The van der Waals surface area contributed by atoms with Crippen molar-refractivity contribution < 1.29 is 29.3 Å². The quantitative estimate of drug-likeness (QED) is 0.263. The van der Waals surface area contributed by atoms with Gasteiger partial charge in [-0.3, -0.25) is 9.69 Å². The lowest BCUT2D eigenvalue weighted by atomic mass is 10.2. The Morgan fingerprint density at radius 1 is 0.972 bits per heavy atom. The predicted octanol–water partition coefficient (Wildman–Crippen LogP) is 3.24. The number of carbonyl (C=O) groups is 3. The fourth-order valence-electron chi connectivity index (χ4n) is 3.58. The monoisotopic (exact) mass is 517 g/mol. The van der Waals surface area contributed by atoms with Crippen molar-refractivity contribution >= 4 is 41.2 Å². The van der Waals surface area contributed by atoms with E-state index >= 15 is 0 Å². The zero-order chi connectivity index (χ0) is 26.3. The van der Waals surface area contributed by atoms with Crippen LogP contribution in [-0.4, -0.2) is 79.3 Å². The molecule has 0 atom stereocenters. The summed E-state index contributed by atoms with van der Waals surface area (Å²) in [5.74, 6) is -2.77. The zero-order valence-corrected chi connectivity index (χ0v) is 21.0. The largest absolute Gasteiger partial charge is 0.495 e. The number of piperazine rings is 1. The van der Waals surface area contributed by atoms with Crippen molar-refractivity contribution in [3.8, 4) is 5.75 Å². The van der Waals surface area contributed by atoms with Crippen LogP contribution in [0.4, 0.5) is 5.69 Å². The Bertz CT molecular complexity index is 1010. The highest BCUT2D eigenvalue weighted by atomic mass is 35.5. The maximum Gasteiger partial charge on any atom is 0.414 e. The summed E-state index contributed by atoms with van der Waals surface area (Å²) in [6.45, 7) is 5.88. The predicted molar refractivity (Wildman–Crippen MR) is 140 cm³/mol. The minimum Gasteiger partial charge on any atom is -0.495 e. The van der Waals surface area contributed by atoms with Crippen LogP contribution in [0.25, 0.3) is 6.08 Å². The highest BCUT2D eigenvalue weighted by Gasteiger charge is 2.19. The number of para-hydroxylation sites is 2. The Hall–Kier alpha value is -3.56. The SMILES string of the molecule is COc1ccccc1N1CCN(CCCCNC(=O)/C=C/c2ccc(Cl)cc2)CC1.O=C(O)C(=O)O. The number of hydrogen-bond acceptors (Lipinski definition) is 6. The van der Waals surface area contributed by atoms with Crippen LogP contribution in [0.3, 0.4) is 0 Å². The van der Waals surface area contributed by atoms with Gasteiger partial charge in [0.25, 0.3) is 0 Å². The molecular formula is C26H32ClN3O6. The maximum atomic E-state index is 11.9. The number of carboxylic acids is 2. The molecular weight excluding hydrogens is 486 g/mol. The lowest BCUT2D eigenvalue weighted by Gasteiger charge is -2.36. The second-order valence-electron chi connectivity index (χ2n) is 7.99. The second-order valence-corrected chi connectivity index (χ2v) is 8.43. The zero-order valence-electron chi connectivity index (χ0n) is 20.2. The molecule has 9 nitrogen and oxygen atoms in total. The molecule has 1 heterocycles. The molecule has 1 fully saturated rings. The third kappa shape index (κ3) is 10.4. The van der Waals surface area contributed by atoms with Crippen LogP contribution in [0, 0.1) is 0 Å². The standard InChI is InChI=1S/C24H30ClN3O2.C2H2O4/c1-30-23-7-3-2-6-22(23)28-18-16-27(17-19-28)15-5-4-14-26-24(29)13-10-20-8-11-21(25)12-9-20;3-1(4)2(5)6/h2-3,6-13H,4-5,14-19H2,1H3,(H,26,29);(H,3,4)(H,5,6)/b13-10+;. The third-order valence-electron chi connectivity index (χ3n) is 5.48. The van der Waals surface area contributed by atoms with Gasteiger partial charge in [-0.1, -0.05) is 35.9 Å². The summed E-state index contributed by atoms with van der Waals surface area (Å²) >= 11 is 5.86. The van der Waals surface area contributed by atoms with Gasteiger partial charge < -0.3 is 25.2 Å². The van der Waals surface area contributed by atoms with E-state index < -0.39 is 11.9 Å². The van der Waals surface area contributed by atoms with Gasteiger partial charge in [0.05, 0.1) is 12.8 Å². The fraction of sp³-hybridized carbons (Fsp3) is 0.346. The van der Waals surface area contributed by atoms with E-state index in [0.29, 0.717) is 11.6 Å².